The molecule has 0 aliphatic carbocycles. The summed E-state index contributed by atoms with van der Waals surface area (Å²) in [5, 5.41) is 12.0. The minimum atomic E-state index is -1.07. The second-order valence-corrected chi connectivity index (χ2v) is 5.03. The molecule has 1 fully saturated rings. The van der Waals surface area contributed by atoms with E-state index in [4.69, 9.17) is 16.7 Å². The first-order valence-electron chi connectivity index (χ1n) is 6.48. The molecule has 1 saturated heterocycles. The third kappa shape index (κ3) is 3.60. The molecule has 0 saturated carbocycles. The number of halogens is 1. The molecule has 0 unspecified atom stereocenters. The van der Waals surface area contributed by atoms with Gasteiger partial charge in [0.2, 0.25) is 5.91 Å². The summed E-state index contributed by atoms with van der Waals surface area (Å²) < 4.78 is 0. The Balaban J connectivity index is 1.84. The fraction of sp³-hybridized carbons (Fsp3) is 0.462. The van der Waals surface area contributed by atoms with Crippen LogP contribution in [0.25, 0.3) is 0 Å². The number of carbonyl (C=O) groups excluding carboxylic acids is 1. The number of nitrogens with zero attached hydrogens (tertiary/aromatic N) is 2. The van der Waals surface area contributed by atoms with Gasteiger partial charge in [-0.3, -0.25) is 4.79 Å². The average molecular weight is 298 g/mol. The van der Waals surface area contributed by atoms with Gasteiger partial charge in [0, 0.05) is 32.3 Å². The predicted molar refractivity (Wildman–Crippen MR) is 75.1 cm³/mol. The quantitative estimate of drug-likeness (QED) is 0.867. The van der Waals surface area contributed by atoms with Gasteiger partial charge in [0.15, 0.2) is 0 Å². The number of carbonyl (C=O) groups is 2. The highest BCUT2D eigenvalue weighted by molar-refractivity contribution is 6.33. The van der Waals surface area contributed by atoms with Crippen LogP contribution in [-0.4, -0.2) is 46.5 Å². The molecule has 2 heterocycles. The van der Waals surface area contributed by atoms with Crippen LogP contribution in [-0.2, 0) is 4.79 Å². The monoisotopic (exact) mass is 297 g/mol. The van der Waals surface area contributed by atoms with E-state index in [0.29, 0.717) is 18.8 Å². The minimum Gasteiger partial charge on any atom is -0.478 e. The fourth-order valence-electron chi connectivity index (χ4n) is 2.10. The molecule has 20 heavy (non-hydrogen) atoms. The van der Waals surface area contributed by atoms with Crippen molar-refractivity contribution in [2.24, 2.45) is 0 Å². The van der Waals surface area contributed by atoms with Crippen LogP contribution < -0.4 is 5.32 Å². The molecule has 0 bridgehead atoms. The number of hydrogen-bond donors (Lipinski definition) is 2. The first-order valence-corrected chi connectivity index (χ1v) is 6.86. The van der Waals surface area contributed by atoms with Crippen molar-refractivity contribution >= 4 is 29.3 Å². The van der Waals surface area contributed by atoms with E-state index < -0.39 is 5.97 Å². The number of carboxylic acids is 1. The first-order chi connectivity index (χ1) is 9.58. The Morgan fingerprint density at radius 3 is 2.70 bits per heavy atom. The highest BCUT2D eigenvalue weighted by Crippen LogP contribution is 2.20. The zero-order valence-corrected chi connectivity index (χ0v) is 11.7. The third-order valence-electron chi connectivity index (χ3n) is 3.18. The van der Waals surface area contributed by atoms with Crippen LogP contribution in [0.2, 0.25) is 5.02 Å². The SMILES string of the molecule is O=C(O)c1cnc(NCCC(=O)N2CCCC2)c(Cl)c1. The Kier molecular flexibility index (Phi) is 4.79. The van der Waals surface area contributed by atoms with Crippen molar-refractivity contribution in [3.05, 3.63) is 22.8 Å². The number of aromatic carboxylic acids is 1. The molecule has 0 spiro atoms. The number of likely N-dealkylation sites (tertiary alicyclic amines) is 1. The maximum atomic E-state index is 11.8. The molecular weight excluding hydrogens is 282 g/mol. The maximum absolute atomic E-state index is 11.8. The summed E-state index contributed by atoms with van der Waals surface area (Å²) in [4.78, 5) is 28.4. The van der Waals surface area contributed by atoms with E-state index in [1.165, 1.54) is 12.3 Å². The van der Waals surface area contributed by atoms with Crippen LogP contribution in [0, 0.1) is 0 Å². The van der Waals surface area contributed by atoms with Crippen molar-refractivity contribution in [2.45, 2.75) is 19.3 Å². The molecule has 108 valence electrons. The van der Waals surface area contributed by atoms with Crippen molar-refractivity contribution in [1.29, 1.82) is 0 Å². The number of aromatic nitrogens is 1. The maximum Gasteiger partial charge on any atom is 0.337 e. The van der Waals surface area contributed by atoms with Gasteiger partial charge in [0.05, 0.1) is 10.6 Å². The second-order valence-electron chi connectivity index (χ2n) is 4.62. The van der Waals surface area contributed by atoms with E-state index >= 15 is 0 Å². The summed E-state index contributed by atoms with van der Waals surface area (Å²) in [7, 11) is 0. The number of pyridine rings is 1. The lowest BCUT2D eigenvalue weighted by Gasteiger charge is -2.15. The molecule has 2 N–H and O–H groups in total. The fourth-order valence-corrected chi connectivity index (χ4v) is 2.33. The molecule has 1 aliphatic heterocycles. The van der Waals surface area contributed by atoms with Crippen LogP contribution in [0.3, 0.4) is 0 Å². The van der Waals surface area contributed by atoms with Crippen molar-refractivity contribution in [3.8, 4) is 0 Å². The van der Waals surface area contributed by atoms with Crippen molar-refractivity contribution < 1.29 is 14.7 Å². The molecule has 7 heteroatoms. The Morgan fingerprint density at radius 1 is 1.40 bits per heavy atom. The lowest BCUT2D eigenvalue weighted by Crippen LogP contribution is -2.29. The molecule has 0 aromatic carbocycles. The highest BCUT2D eigenvalue weighted by Gasteiger charge is 2.17. The minimum absolute atomic E-state index is 0.0358. The number of anilines is 1. The molecule has 1 aliphatic rings. The Bertz CT molecular complexity index is 516. The largest absolute Gasteiger partial charge is 0.478 e. The van der Waals surface area contributed by atoms with Gasteiger partial charge in [-0.15, -0.1) is 0 Å². The van der Waals surface area contributed by atoms with Crippen LogP contribution in [0.4, 0.5) is 5.82 Å². The zero-order chi connectivity index (χ0) is 14.5. The molecule has 0 atom stereocenters. The summed E-state index contributed by atoms with van der Waals surface area (Å²) in [6.45, 7) is 2.10. The van der Waals surface area contributed by atoms with Crippen molar-refractivity contribution in [1.82, 2.24) is 9.88 Å². The van der Waals surface area contributed by atoms with Crippen LogP contribution >= 0.6 is 11.6 Å². The average Bonchev–Trinajstić information content (AvgIpc) is 2.94. The molecular formula is C13H16ClN3O3. The lowest BCUT2D eigenvalue weighted by atomic mass is 10.3. The van der Waals surface area contributed by atoms with E-state index in [1.807, 2.05) is 4.90 Å². The van der Waals surface area contributed by atoms with E-state index in [0.717, 1.165) is 25.9 Å². The second kappa shape index (κ2) is 6.56. The van der Waals surface area contributed by atoms with Crippen LogP contribution in [0.5, 0.6) is 0 Å². The van der Waals surface area contributed by atoms with Crippen molar-refractivity contribution in [2.75, 3.05) is 25.0 Å². The number of nitrogens with one attached hydrogen (secondary N) is 1. The Hall–Kier alpha value is -1.82. The topological polar surface area (TPSA) is 82.5 Å². The summed E-state index contributed by atoms with van der Waals surface area (Å²) in [6, 6.07) is 1.33. The van der Waals surface area contributed by atoms with Crippen LogP contribution in [0.1, 0.15) is 29.6 Å². The summed E-state index contributed by atoms with van der Waals surface area (Å²) in [5.74, 6) is -0.561. The Labute approximate surface area is 121 Å². The third-order valence-corrected chi connectivity index (χ3v) is 3.47. The smallest absolute Gasteiger partial charge is 0.337 e. The zero-order valence-electron chi connectivity index (χ0n) is 10.9. The van der Waals surface area contributed by atoms with Gasteiger partial charge >= 0.3 is 5.97 Å². The van der Waals surface area contributed by atoms with Gasteiger partial charge in [0.1, 0.15) is 5.82 Å². The molecule has 6 nitrogen and oxygen atoms in total. The lowest BCUT2D eigenvalue weighted by molar-refractivity contribution is -0.129. The summed E-state index contributed by atoms with van der Waals surface area (Å²) in [5.41, 5.74) is 0.0358. The molecule has 1 aromatic heterocycles. The van der Waals surface area contributed by atoms with Gasteiger partial charge in [-0.05, 0) is 18.9 Å². The van der Waals surface area contributed by atoms with Gasteiger partial charge < -0.3 is 15.3 Å². The van der Waals surface area contributed by atoms with E-state index in [1.54, 1.807) is 0 Å². The van der Waals surface area contributed by atoms with Crippen LogP contribution in [0.15, 0.2) is 12.3 Å². The normalized spacial score (nSPS) is 14.3. The molecule has 1 aromatic rings. The van der Waals surface area contributed by atoms with E-state index in [9.17, 15) is 9.59 Å². The van der Waals surface area contributed by atoms with Gasteiger partial charge in [-0.1, -0.05) is 11.6 Å². The van der Waals surface area contributed by atoms with Gasteiger partial charge in [-0.2, -0.15) is 0 Å². The highest BCUT2D eigenvalue weighted by atomic mass is 35.5. The number of amides is 1. The number of hydrogen-bond acceptors (Lipinski definition) is 4. The predicted octanol–water partition coefficient (Wildman–Crippen LogP) is 1.86. The van der Waals surface area contributed by atoms with Crippen molar-refractivity contribution in [3.63, 3.8) is 0 Å². The van der Waals surface area contributed by atoms with Gasteiger partial charge in [0.25, 0.3) is 0 Å². The van der Waals surface area contributed by atoms with Gasteiger partial charge in [-0.25, -0.2) is 9.78 Å². The van der Waals surface area contributed by atoms with E-state index in [-0.39, 0.29) is 16.5 Å². The molecule has 1 amide bonds. The van der Waals surface area contributed by atoms with E-state index in [2.05, 4.69) is 10.3 Å². The standard InChI is InChI=1S/C13H16ClN3O3/c14-10-7-9(13(19)20)8-16-12(10)15-4-3-11(18)17-5-1-2-6-17/h7-8H,1-6H2,(H,15,16)(H,19,20). The summed E-state index contributed by atoms with van der Waals surface area (Å²) >= 11 is 5.93. The summed E-state index contributed by atoms with van der Waals surface area (Å²) in [6.07, 6.45) is 3.75. The number of rotatable bonds is 5. The molecule has 0 radical (unpaired) electrons. The Morgan fingerprint density at radius 2 is 2.10 bits per heavy atom. The number of carboxylic acid groups (broad SMARTS) is 1. The first kappa shape index (κ1) is 14.6. The molecule has 2 rings (SSSR count).